The van der Waals surface area contributed by atoms with Gasteiger partial charge in [-0.05, 0) is 73.9 Å². The van der Waals surface area contributed by atoms with Crippen LogP contribution < -0.4 is 10.1 Å². The summed E-state index contributed by atoms with van der Waals surface area (Å²) in [6.07, 6.45) is -0.0818. The Labute approximate surface area is 238 Å². The number of nitrogens with one attached hydrogen (secondary N) is 1. The molecule has 39 heavy (non-hydrogen) atoms. The van der Waals surface area contributed by atoms with Gasteiger partial charge in [-0.25, -0.2) is 4.79 Å². The Bertz CT molecular complexity index is 1410. The molecule has 3 amide bonds. The summed E-state index contributed by atoms with van der Waals surface area (Å²) in [5.41, 5.74) is 3.51. The average molecular weight is 566 g/mol. The second-order valence-corrected chi connectivity index (χ2v) is 10.9. The second kappa shape index (κ2) is 11.3. The predicted molar refractivity (Wildman–Crippen MR) is 154 cm³/mol. The van der Waals surface area contributed by atoms with Crippen LogP contribution in [0.15, 0.2) is 71.7 Å². The van der Waals surface area contributed by atoms with Gasteiger partial charge in [0.1, 0.15) is 24.2 Å². The highest BCUT2D eigenvalue weighted by atomic mass is 35.5. The Kier molecular flexibility index (Phi) is 7.82. The topological polar surface area (TPSA) is 74.2 Å². The lowest BCUT2D eigenvalue weighted by Gasteiger charge is -2.36. The molecule has 0 aromatic heterocycles. The number of nitrogens with zero attached hydrogens (tertiary/aromatic N) is 3. The Morgan fingerprint density at radius 3 is 2.26 bits per heavy atom. The number of ether oxygens (including phenoxy) is 1. The van der Waals surface area contributed by atoms with Gasteiger partial charge in [0.25, 0.3) is 0 Å². The van der Waals surface area contributed by atoms with Crippen LogP contribution in [0, 0.1) is 6.92 Å². The van der Waals surface area contributed by atoms with E-state index in [-0.39, 0.29) is 24.6 Å². The second-order valence-electron chi connectivity index (χ2n) is 10.0. The zero-order valence-corrected chi connectivity index (χ0v) is 23.5. The van der Waals surface area contributed by atoms with Gasteiger partial charge in [0, 0.05) is 23.1 Å². The molecule has 0 aliphatic carbocycles. The first-order valence-corrected chi connectivity index (χ1v) is 13.7. The summed E-state index contributed by atoms with van der Waals surface area (Å²) in [4.78, 5) is 35.0. The van der Waals surface area contributed by atoms with Crippen molar-refractivity contribution in [2.75, 3.05) is 19.6 Å². The molecule has 0 saturated carbocycles. The summed E-state index contributed by atoms with van der Waals surface area (Å²) >= 11 is 12.5. The number of amidine groups is 1. The third-order valence-electron chi connectivity index (χ3n) is 6.75. The standard InChI is InChI=1S/C30H30Cl2N4O3/c1-18(2)39-25-16-19(3)4-13-24(25)29-34-27(20-5-9-22(31)10-6-20)28(21-7-11-23(32)12-8-21)36(29)30(38)35-15-14-33-26(37)17-35/h4-13,16,18,27-28H,14-15,17H2,1-3H3,(H,33,37). The Morgan fingerprint density at radius 2 is 1.64 bits per heavy atom. The zero-order chi connectivity index (χ0) is 27.7. The number of piperazine rings is 1. The number of benzene rings is 3. The number of carbonyl (C=O) groups excluding carboxylic acids is 2. The molecular weight excluding hydrogens is 535 g/mol. The van der Waals surface area contributed by atoms with E-state index in [4.69, 9.17) is 32.9 Å². The number of urea groups is 1. The minimum Gasteiger partial charge on any atom is -0.490 e. The molecule has 2 heterocycles. The molecular formula is C30H30Cl2N4O3. The van der Waals surface area contributed by atoms with Crippen LogP contribution in [0.3, 0.4) is 0 Å². The number of amides is 3. The number of hydrogen-bond donors (Lipinski definition) is 1. The van der Waals surface area contributed by atoms with Gasteiger partial charge in [0.15, 0.2) is 0 Å². The smallest absolute Gasteiger partial charge is 0.326 e. The molecule has 0 spiro atoms. The minimum atomic E-state index is -0.496. The van der Waals surface area contributed by atoms with E-state index in [1.54, 1.807) is 9.80 Å². The SMILES string of the molecule is Cc1ccc(C2=NC(c3ccc(Cl)cc3)C(c3ccc(Cl)cc3)N2C(=O)N2CCNC(=O)C2)c(OC(C)C)c1. The van der Waals surface area contributed by atoms with Crippen LogP contribution in [0.4, 0.5) is 4.79 Å². The van der Waals surface area contributed by atoms with Crippen LogP contribution in [-0.2, 0) is 4.79 Å². The molecule has 7 nitrogen and oxygen atoms in total. The first kappa shape index (κ1) is 27.0. The van der Waals surface area contributed by atoms with Crippen molar-refractivity contribution in [3.8, 4) is 5.75 Å². The molecule has 1 saturated heterocycles. The molecule has 2 unspecified atom stereocenters. The van der Waals surface area contributed by atoms with E-state index in [0.29, 0.717) is 40.3 Å². The van der Waals surface area contributed by atoms with E-state index >= 15 is 0 Å². The number of aryl methyl sites for hydroxylation is 1. The lowest BCUT2D eigenvalue weighted by Crippen LogP contribution is -2.55. The molecule has 0 bridgehead atoms. The molecule has 0 radical (unpaired) electrons. The van der Waals surface area contributed by atoms with E-state index in [9.17, 15) is 9.59 Å². The molecule has 3 aromatic rings. The summed E-state index contributed by atoms with van der Waals surface area (Å²) in [5.74, 6) is 0.940. The third-order valence-corrected chi connectivity index (χ3v) is 7.25. The molecule has 202 valence electrons. The van der Waals surface area contributed by atoms with Gasteiger partial charge in [0.05, 0.1) is 17.7 Å². The lowest BCUT2D eigenvalue weighted by atomic mass is 9.93. The third kappa shape index (κ3) is 5.75. The lowest BCUT2D eigenvalue weighted by molar-refractivity contribution is -0.123. The summed E-state index contributed by atoms with van der Waals surface area (Å²) in [7, 11) is 0. The number of halogens is 2. The number of aliphatic imine (C=N–C) groups is 1. The fraction of sp³-hybridized carbons (Fsp3) is 0.300. The van der Waals surface area contributed by atoms with Gasteiger partial charge in [-0.1, -0.05) is 53.5 Å². The molecule has 5 rings (SSSR count). The molecule has 3 aromatic carbocycles. The van der Waals surface area contributed by atoms with Crippen LogP contribution in [0.5, 0.6) is 5.75 Å². The Hall–Kier alpha value is -3.55. The number of carbonyl (C=O) groups is 2. The van der Waals surface area contributed by atoms with E-state index in [0.717, 1.165) is 16.7 Å². The van der Waals surface area contributed by atoms with Gasteiger partial charge in [-0.3, -0.25) is 14.7 Å². The van der Waals surface area contributed by atoms with E-state index in [2.05, 4.69) is 5.32 Å². The van der Waals surface area contributed by atoms with Gasteiger partial charge in [0.2, 0.25) is 5.91 Å². The van der Waals surface area contributed by atoms with E-state index in [1.165, 1.54) is 0 Å². The maximum Gasteiger partial charge on any atom is 0.326 e. The predicted octanol–water partition coefficient (Wildman–Crippen LogP) is 6.19. The van der Waals surface area contributed by atoms with Crippen molar-refractivity contribution in [3.63, 3.8) is 0 Å². The highest BCUT2D eigenvalue weighted by Crippen LogP contribution is 2.45. The van der Waals surface area contributed by atoms with Gasteiger partial charge < -0.3 is 15.0 Å². The first-order chi connectivity index (χ1) is 18.7. The normalized spacial score (nSPS) is 19.2. The van der Waals surface area contributed by atoms with Gasteiger partial charge >= 0.3 is 6.03 Å². The van der Waals surface area contributed by atoms with Crippen LogP contribution in [0.25, 0.3) is 0 Å². The van der Waals surface area contributed by atoms with Crippen molar-refractivity contribution in [2.24, 2.45) is 4.99 Å². The molecule has 2 aliphatic heterocycles. The highest BCUT2D eigenvalue weighted by Gasteiger charge is 2.45. The van der Waals surface area contributed by atoms with Crippen LogP contribution in [-0.4, -0.2) is 53.3 Å². The van der Waals surface area contributed by atoms with Crippen molar-refractivity contribution in [2.45, 2.75) is 39.0 Å². The fourth-order valence-electron chi connectivity index (χ4n) is 4.97. The number of rotatable bonds is 5. The van der Waals surface area contributed by atoms with Gasteiger partial charge in [-0.2, -0.15) is 0 Å². The van der Waals surface area contributed by atoms with Crippen molar-refractivity contribution in [3.05, 3.63) is 99.0 Å². The summed E-state index contributed by atoms with van der Waals surface area (Å²) in [6.45, 7) is 6.69. The fourth-order valence-corrected chi connectivity index (χ4v) is 5.23. The maximum atomic E-state index is 14.3. The first-order valence-electron chi connectivity index (χ1n) is 12.9. The van der Waals surface area contributed by atoms with Crippen LogP contribution in [0.1, 0.15) is 48.2 Å². The Balaban J connectivity index is 1.70. The summed E-state index contributed by atoms with van der Waals surface area (Å²) in [6, 6.07) is 19.6. The van der Waals surface area contributed by atoms with Crippen molar-refractivity contribution in [1.82, 2.24) is 15.1 Å². The quantitative estimate of drug-likeness (QED) is 0.401. The molecule has 1 N–H and O–H groups in total. The van der Waals surface area contributed by atoms with Crippen molar-refractivity contribution >= 4 is 41.0 Å². The van der Waals surface area contributed by atoms with Gasteiger partial charge in [-0.15, -0.1) is 0 Å². The Morgan fingerprint density at radius 1 is 1.00 bits per heavy atom. The van der Waals surface area contributed by atoms with Crippen LogP contribution >= 0.6 is 23.2 Å². The van der Waals surface area contributed by atoms with Crippen molar-refractivity contribution in [1.29, 1.82) is 0 Å². The maximum absolute atomic E-state index is 14.3. The minimum absolute atomic E-state index is 0.0230. The van der Waals surface area contributed by atoms with E-state index < -0.39 is 12.1 Å². The molecule has 9 heteroatoms. The van der Waals surface area contributed by atoms with Crippen molar-refractivity contribution < 1.29 is 14.3 Å². The molecule has 1 fully saturated rings. The zero-order valence-electron chi connectivity index (χ0n) is 22.0. The summed E-state index contributed by atoms with van der Waals surface area (Å²) in [5, 5.41) is 4.01. The summed E-state index contributed by atoms with van der Waals surface area (Å²) < 4.78 is 6.21. The number of hydrogen-bond acceptors (Lipinski definition) is 4. The largest absolute Gasteiger partial charge is 0.490 e. The van der Waals surface area contributed by atoms with Crippen LogP contribution in [0.2, 0.25) is 10.0 Å². The average Bonchev–Trinajstić information content (AvgIpc) is 3.29. The van der Waals surface area contributed by atoms with E-state index in [1.807, 2.05) is 87.5 Å². The monoisotopic (exact) mass is 564 g/mol. The molecule has 2 atom stereocenters. The molecule has 2 aliphatic rings. The highest BCUT2D eigenvalue weighted by molar-refractivity contribution is 6.30.